The van der Waals surface area contributed by atoms with Crippen molar-refractivity contribution >= 4 is 0 Å². The summed E-state index contributed by atoms with van der Waals surface area (Å²) in [5, 5.41) is 0. The Morgan fingerprint density at radius 2 is 1.85 bits per heavy atom. The molecule has 27 heavy (non-hydrogen) atoms. The maximum Gasteiger partial charge on any atom is 0.200 e. The van der Waals surface area contributed by atoms with Crippen molar-refractivity contribution in [1.29, 1.82) is 0 Å². The van der Waals surface area contributed by atoms with Crippen molar-refractivity contribution in [3.63, 3.8) is 0 Å². The molecule has 2 aliphatic carbocycles. The minimum absolute atomic E-state index is 0.00456. The van der Waals surface area contributed by atoms with E-state index in [2.05, 4.69) is 0 Å². The maximum absolute atomic E-state index is 15.5. The topological polar surface area (TPSA) is 9.23 Å². The van der Waals surface area contributed by atoms with Crippen molar-refractivity contribution in [2.24, 2.45) is 5.92 Å². The third kappa shape index (κ3) is 3.44. The third-order valence-electron chi connectivity index (χ3n) is 6.33. The van der Waals surface area contributed by atoms with Crippen LogP contribution in [0, 0.1) is 17.6 Å². The Morgan fingerprint density at radius 1 is 1.11 bits per heavy atom. The minimum Gasteiger partial charge on any atom is -0.491 e. The highest BCUT2D eigenvalue weighted by Crippen LogP contribution is 2.58. The van der Waals surface area contributed by atoms with Gasteiger partial charge in [0, 0.05) is 0 Å². The second-order valence-corrected chi connectivity index (χ2v) is 8.04. The van der Waals surface area contributed by atoms with Crippen LogP contribution >= 0.6 is 0 Å². The van der Waals surface area contributed by atoms with E-state index in [1.165, 1.54) is 12.1 Å². The normalized spacial score (nSPS) is 36.3. The number of ether oxygens (including phenoxy) is 1. The summed E-state index contributed by atoms with van der Waals surface area (Å²) in [5.41, 5.74) is -4.81. The molecule has 1 nitrogen and oxygen atoms in total. The van der Waals surface area contributed by atoms with Gasteiger partial charge in [-0.05, 0) is 62.5 Å². The summed E-state index contributed by atoms with van der Waals surface area (Å²) in [6.45, 7) is 3.77. The van der Waals surface area contributed by atoms with E-state index >= 15 is 8.78 Å². The minimum atomic E-state index is -2.54. The quantitative estimate of drug-likeness (QED) is 0.515. The Morgan fingerprint density at radius 3 is 2.52 bits per heavy atom. The SMILES string of the molecule is CCCC1CC2(F)CCC(c3ccc(OCC)c(F)c3F)CC(F)C2(F)C1. The second kappa shape index (κ2) is 7.59. The standard InChI is InChI=1S/C21H27F5O/c1-3-5-13-11-20(25)9-8-14(10-17(22)21(20,26)12-13)15-6-7-16(27-4-2)19(24)18(15)23/h6-7,13-14,17H,3-5,8-12H2,1-2H3. The Labute approximate surface area is 157 Å². The van der Waals surface area contributed by atoms with E-state index in [-0.39, 0.29) is 55.9 Å². The van der Waals surface area contributed by atoms with Gasteiger partial charge < -0.3 is 4.74 Å². The summed E-state index contributed by atoms with van der Waals surface area (Å²) < 4.78 is 79.6. The van der Waals surface area contributed by atoms with Crippen LogP contribution in [0.4, 0.5) is 22.0 Å². The van der Waals surface area contributed by atoms with E-state index < -0.39 is 35.1 Å². The number of benzene rings is 1. The first-order valence-electron chi connectivity index (χ1n) is 9.88. The first-order chi connectivity index (χ1) is 12.8. The van der Waals surface area contributed by atoms with Gasteiger partial charge in [0.15, 0.2) is 17.2 Å². The molecule has 0 N–H and O–H groups in total. The van der Waals surface area contributed by atoms with Crippen LogP contribution in [0.2, 0.25) is 0 Å². The molecular formula is C21H27F5O. The summed E-state index contributed by atoms with van der Waals surface area (Å²) in [4.78, 5) is 0. The van der Waals surface area contributed by atoms with Crippen molar-refractivity contribution in [3.05, 3.63) is 29.3 Å². The highest BCUT2D eigenvalue weighted by atomic mass is 19.2. The number of fused-ring (bicyclic) bond motifs is 1. The Hall–Kier alpha value is -1.33. The molecule has 1 aromatic rings. The number of rotatable bonds is 5. The van der Waals surface area contributed by atoms with Gasteiger partial charge in [-0.15, -0.1) is 0 Å². The zero-order chi connectivity index (χ0) is 19.8. The first kappa shape index (κ1) is 20.4. The average Bonchev–Trinajstić information content (AvgIpc) is 2.83. The molecule has 3 rings (SSSR count). The van der Waals surface area contributed by atoms with Gasteiger partial charge in [-0.25, -0.2) is 17.6 Å². The molecule has 0 amide bonds. The lowest BCUT2D eigenvalue weighted by Gasteiger charge is -2.33. The van der Waals surface area contributed by atoms with Crippen LogP contribution in [0.15, 0.2) is 12.1 Å². The molecule has 0 aliphatic heterocycles. The molecule has 2 aliphatic rings. The summed E-state index contributed by atoms with van der Waals surface area (Å²) in [7, 11) is 0. The smallest absolute Gasteiger partial charge is 0.200 e. The zero-order valence-corrected chi connectivity index (χ0v) is 15.8. The van der Waals surface area contributed by atoms with Gasteiger partial charge in [0.2, 0.25) is 5.82 Å². The van der Waals surface area contributed by atoms with E-state index in [1.807, 2.05) is 6.92 Å². The van der Waals surface area contributed by atoms with Crippen LogP contribution < -0.4 is 4.74 Å². The fourth-order valence-electron chi connectivity index (χ4n) is 5.00. The molecule has 2 saturated carbocycles. The second-order valence-electron chi connectivity index (χ2n) is 8.04. The predicted octanol–water partition coefficient (Wildman–Crippen LogP) is 6.60. The van der Waals surface area contributed by atoms with Gasteiger partial charge in [-0.1, -0.05) is 25.8 Å². The largest absolute Gasteiger partial charge is 0.491 e. The van der Waals surface area contributed by atoms with Crippen molar-refractivity contribution in [2.45, 2.75) is 82.2 Å². The molecule has 152 valence electrons. The fourth-order valence-corrected chi connectivity index (χ4v) is 5.00. The summed E-state index contributed by atoms with van der Waals surface area (Å²) >= 11 is 0. The molecule has 5 unspecified atom stereocenters. The Balaban J connectivity index is 1.86. The molecule has 0 bridgehead atoms. The average molecular weight is 390 g/mol. The summed E-state index contributed by atoms with van der Waals surface area (Å²) in [5.74, 6) is -3.40. The summed E-state index contributed by atoms with van der Waals surface area (Å²) in [6, 6.07) is 2.64. The van der Waals surface area contributed by atoms with Gasteiger partial charge in [-0.2, -0.15) is 4.39 Å². The fraction of sp³-hybridized carbons (Fsp3) is 0.714. The first-order valence-corrected chi connectivity index (χ1v) is 9.88. The van der Waals surface area contributed by atoms with Crippen molar-refractivity contribution < 1.29 is 26.7 Å². The lowest BCUT2D eigenvalue weighted by atomic mass is 9.84. The number of hydrogen-bond donors (Lipinski definition) is 0. The Bertz CT molecular complexity index is 681. The van der Waals surface area contributed by atoms with E-state index in [4.69, 9.17) is 4.74 Å². The molecule has 0 spiro atoms. The van der Waals surface area contributed by atoms with Crippen LogP contribution in [0.5, 0.6) is 5.75 Å². The molecule has 0 radical (unpaired) electrons. The predicted molar refractivity (Wildman–Crippen MR) is 94.3 cm³/mol. The van der Waals surface area contributed by atoms with E-state index in [1.54, 1.807) is 6.92 Å². The van der Waals surface area contributed by atoms with Gasteiger partial charge in [0.25, 0.3) is 0 Å². The molecule has 0 aromatic heterocycles. The van der Waals surface area contributed by atoms with E-state index in [0.717, 1.165) is 6.42 Å². The van der Waals surface area contributed by atoms with E-state index in [0.29, 0.717) is 6.42 Å². The molecule has 5 atom stereocenters. The van der Waals surface area contributed by atoms with Gasteiger partial charge in [0.1, 0.15) is 11.8 Å². The third-order valence-corrected chi connectivity index (χ3v) is 6.33. The summed E-state index contributed by atoms with van der Waals surface area (Å²) in [6.07, 6.45) is -1.12. The van der Waals surface area contributed by atoms with Crippen molar-refractivity contribution in [3.8, 4) is 5.75 Å². The highest BCUT2D eigenvalue weighted by molar-refractivity contribution is 5.34. The van der Waals surface area contributed by atoms with E-state index in [9.17, 15) is 13.2 Å². The van der Waals surface area contributed by atoms with Crippen LogP contribution in [0.1, 0.15) is 70.3 Å². The maximum atomic E-state index is 15.5. The molecule has 0 heterocycles. The van der Waals surface area contributed by atoms with Gasteiger partial charge >= 0.3 is 0 Å². The number of alkyl halides is 3. The Kier molecular flexibility index (Phi) is 5.74. The molecule has 6 heteroatoms. The lowest BCUT2D eigenvalue weighted by molar-refractivity contribution is -0.0660. The number of hydrogen-bond acceptors (Lipinski definition) is 1. The van der Waals surface area contributed by atoms with Crippen LogP contribution in [0.25, 0.3) is 0 Å². The molecule has 1 aromatic carbocycles. The molecule has 2 fully saturated rings. The van der Waals surface area contributed by atoms with Crippen LogP contribution in [-0.2, 0) is 0 Å². The van der Waals surface area contributed by atoms with Crippen molar-refractivity contribution in [1.82, 2.24) is 0 Å². The molecule has 0 saturated heterocycles. The van der Waals surface area contributed by atoms with Crippen molar-refractivity contribution in [2.75, 3.05) is 6.61 Å². The number of halogens is 5. The zero-order valence-electron chi connectivity index (χ0n) is 15.8. The highest BCUT2D eigenvalue weighted by Gasteiger charge is 2.65. The lowest BCUT2D eigenvalue weighted by Crippen LogP contribution is -2.48. The monoisotopic (exact) mass is 390 g/mol. The molecular weight excluding hydrogens is 363 g/mol. The van der Waals surface area contributed by atoms with Gasteiger partial charge in [0.05, 0.1) is 6.61 Å². The van der Waals surface area contributed by atoms with Crippen LogP contribution in [-0.4, -0.2) is 24.1 Å². The van der Waals surface area contributed by atoms with Gasteiger partial charge in [-0.3, -0.25) is 0 Å². The van der Waals surface area contributed by atoms with Crippen LogP contribution in [0.3, 0.4) is 0 Å².